The molecular formula is C22H30N4O2. The minimum atomic E-state index is -0.000710. The highest BCUT2D eigenvalue weighted by atomic mass is 16.2. The molecule has 0 spiro atoms. The van der Waals surface area contributed by atoms with Crippen molar-refractivity contribution >= 4 is 11.8 Å². The Balaban J connectivity index is 1.61. The van der Waals surface area contributed by atoms with Crippen molar-refractivity contribution in [2.75, 3.05) is 39.3 Å². The van der Waals surface area contributed by atoms with E-state index in [4.69, 9.17) is 0 Å². The van der Waals surface area contributed by atoms with E-state index in [1.54, 1.807) is 0 Å². The fraction of sp³-hybridized carbons (Fsp3) is 0.455. The molecule has 0 bridgehead atoms. The van der Waals surface area contributed by atoms with Gasteiger partial charge < -0.3 is 14.8 Å². The molecule has 6 nitrogen and oxygen atoms in total. The van der Waals surface area contributed by atoms with Crippen LogP contribution in [-0.4, -0.2) is 65.4 Å². The lowest BCUT2D eigenvalue weighted by molar-refractivity contribution is 0.0878. The number of piperazine rings is 1. The van der Waals surface area contributed by atoms with Gasteiger partial charge in [-0.05, 0) is 38.5 Å². The third-order valence-corrected chi connectivity index (χ3v) is 5.30. The third kappa shape index (κ3) is 4.44. The van der Waals surface area contributed by atoms with Crippen LogP contribution < -0.4 is 5.32 Å². The Morgan fingerprint density at radius 1 is 1.04 bits per heavy atom. The zero-order valence-electron chi connectivity index (χ0n) is 17.1. The molecule has 0 aliphatic carbocycles. The summed E-state index contributed by atoms with van der Waals surface area (Å²) in [4.78, 5) is 29.0. The number of amides is 2. The zero-order valence-corrected chi connectivity index (χ0v) is 17.1. The molecule has 3 rings (SSSR count). The molecule has 0 unspecified atom stereocenters. The number of hydrogen-bond donors (Lipinski definition) is 1. The summed E-state index contributed by atoms with van der Waals surface area (Å²) in [6, 6.07) is 12.1. The Kier molecular flexibility index (Phi) is 6.52. The number of aryl methyl sites for hydroxylation is 1. The van der Waals surface area contributed by atoms with Crippen LogP contribution >= 0.6 is 0 Å². The molecule has 0 saturated carbocycles. The third-order valence-electron chi connectivity index (χ3n) is 5.30. The van der Waals surface area contributed by atoms with Gasteiger partial charge in [0.2, 0.25) is 0 Å². The van der Waals surface area contributed by atoms with Crippen LogP contribution in [-0.2, 0) is 0 Å². The minimum Gasteiger partial charge on any atom is -0.338 e. The second-order valence-electron chi connectivity index (χ2n) is 7.37. The SMILES string of the molecule is CCCNC(=O)N1CCN(CC(=O)c2cc(C)n(-c3ccccc3)c2C)CC1. The Bertz CT molecular complexity index is 821. The molecule has 1 fully saturated rings. The van der Waals surface area contributed by atoms with Crippen LogP contribution in [0.3, 0.4) is 0 Å². The largest absolute Gasteiger partial charge is 0.338 e. The summed E-state index contributed by atoms with van der Waals surface area (Å²) in [7, 11) is 0. The predicted molar refractivity (Wildman–Crippen MR) is 111 cm³/mol. The highest BCUT2D eigenvalue weighted by Crippen LogP contribution is 2.21. The van der Waals surface area contributed by atoms with E-state index in [0.717, 1.165) is 42.1 Å². The number of rotatable bonds is 6. The number of nitrogens with zero attached hydrogens (tertiary/aromatic N) is 3. The van der Waals surface area contributed by atoms with Crippen molar-refractivity contribution in [3.8, 4) is 5.69 Å². The molecule has 1 N–H and O–H groups in total. The van der Waals surface area contributed by atoms with Crippen LogP contribution in [0.5, 0.6) is 0 Å². The van der Waals surface area contributed by atoms with E-state index >= 15 is 0 Å². The summed E-state index contributed by atoms with van der Waals surface area (Å²) >= 11 is 0. The van der Waals surface area contributed by atoms with Crippen molar-refractivity contribution in [3.05, 3.63) is 53.3 Å². The van der Waals surface area contributed by atoms with Crippen molar-refractivity contribution in [3.63, 3.8) is 0 Å². The van der Waals surface area contributed by atoms with Crippen LogP contribution in [0, 0.1) is 13.8 Å². The van der Waals surface area contributed by atoms with E-state index in [-0.39, 0.29) is 11.8 Å². The molecule has 2 amide bonds. The molecule has 6 heteroatoms. The Hall–Kier alpha value is -2.60. The van der Waals surface area contributed by atoms with Crippen LogP contribution in [0.25, 0.3) is 5.69 Å². The number of carbonyl (C=O) groups excluding carboxylic acids is 2. The molecule has 1 saturated heterocycles. The summed E-state index contributed by atoms with van der Waals surface area (Å²) < 4.78 is 2.13. The van der Waals surface area contributed by atoms with Gasteiger partial charge in [0, 0.05) is 55.4 Å². The maximum Gasteiger partial charge on any atom is 0.317 e. The van der Waals surface area contributed by atoms with E-state index in [9.17, 15) is 9.59 Å². The summed E-state index contributed by atoms with van der Waals surface area (Å²) in [5.41, 5.74) is 3.89. The molecule has 1 aliphatic rings. The molecule has 2 aromatic rings. The normalized spacial score (nSPS) is 14.9. The topological polar surface area (TPSA) is 57.6 Å². The lowest BCUT2D eigenvalue weighted by Gasteiger charge is -2.34. The van der Waals surface area contributed by atoms with Crippen LogP contribution in [0.4, 0.5) is 4.79 Å². The second kappa shape index (κ2) is 9.06. The van der Waals surface area contributed by atoms with E-state index in [0.29, 0.717) is 26.2 Å². The van der Waals surface area contributed by atoms with E-state index < -0.39 is 0 Å². The molecule has 28 heavy (non-hydrogen) atoms. The molecule has 1 aliphatic heterocycles. The maximum atomic E-state index is 12.9. The molecule has 0 atom stereocenters. The number of carbonyl (C=O) groups is 2. The van der Waals surface area contributed by atoms with Crippen LogP contribution in [0.2, 0.25) is 0 Å². The summed E-state index contributed by atoms with van der Waals surface area (Å²) in [5, 5.41) is 2.91. The first kappa shape index (κ1) is 20.1. The van der Waals surface area contributed by atoms with Gasteiger partial charge in [-0.3, -0.25) is 9.69 Å². The van der Waals surface area contributed by atoms with Gasteiger partial charge in [0.15, 0.2) is 5.78 Å². The fourth-order valence-corrected chi connectivity index (χ4v) is 3.76. The van der Waals surface area contributed by atoms with Gasteiger partial charge in [-0.25, -0.2) is 4.79 Å². The smallest absolute Gasteiger partial charge is 0.317 e. The first-order chi connectivity index (χ1) is 13.5. The standard InChI is InChI=1S/C22H30N4O2/c1-4-10-23-22(28)25-13-11-24(12-14-25)16-21(27)20-15-17(2)26(18(20)3)19-8-6-5-7-9-19/h5-9,15H,4,10-14,16H2,1-3H3,(H,23,28). The monoisotopic (exact) mass is 382 g/mol. The highest BCUT2D eigenvalue weighted by Gasteiger charge is 2.24. The molecular weight excluding hydrogens is 352 g/mol. The number of hydrogen-bond acceptors (Lipinski definition) is 3. The average Bonchev–Trinajstić information content (AvgIpc) is 3.01. The zero-order chi connectivity index (χ0) is 20.1. The van der Waals surface area contributed by atoms with Crippen molar-refractivity contribution in [2.24, 2.45) is 0 Å². The number of Topliss-reactive ketones (excluding diaryl/α,β-unsaturated/α-hetero) is 1. The number of aromatic nitrogens is 1. The summed E-state index contributed by atoms with van der Waals surface area (Å²) in [6.07, 6.45) is 0.932. The van der Waals surface area contributed by atoms with Gasteiger partial charge in [-0.1, -0.05) is 25.1 Å². The molecule has 2 heterocycles. The Morgan fingerprint density at radius 2 is 1.71 bits per heavy atom. The minimum absolute atomic E-state index is 0.000710. The van der Waals surface area contributed by atoms with Gasteiger partial charge >= 0.3 is 6.03 Å². The fourth-order valence-electron chi connectivity index (χ4n) is 3.76. The van der Waals surface area contributed by atoms with Gasteiger partial charge in [-0.15, -0.1) is 0 Å². The lowest BCUT2D eigenvalue weighted by atomic mass is 10.1. The number of ketones is 1. The van der Waals surface area contributed by atoms with Crippen LogP contribution in [0.15, 0.2) is 36.4 Å². The summed E-state index contributed by atoms with van der Waals surface area (Å²) in [6.45, 7) is 9.94. The maximum absolute atomic E-state index is 12.9. The van der Waals surface area contributed by atoms with Gasteiger partial charge in [0.05, 0.1) is 6.54 Å². The first-order valence-corrected chi connectivity index (χ1v) is 10.0. The average molecular weight is 383 g/mol. The quantitative estimate of drug-likeness (QED) is 0.782. The van der Waals surface area contributed by atoms with E-state index in [1.807, 2.05) is 49.9 Å². The Morgan fingerprint density at radius 3 is 2.36 bits per heavy atom. The van der Waals surface area contributed by atoms with Gasteiger partial charge in [0.1, 0.15) is 0 Å². The second-order valence-corrected chi connectivity index (χ2v) is 7.37. The lowest BCUT2D eigenvalue weighted by Crippen LogP contribution is -2.52. The molecule has 0 radical (unpaired) electrons. The van der Waals surface area contributed by atoms with Crippen molar-refractivity contribution < 1.29 is 9.59 Å². The number of para-hydroxylation sites is 1. The molecule has 1 aromatic heterocycles. The van der Waals surface area contributed by atoms with Gasteiger partial charge in [-0.2, -0.15) is 0 Å². The number of nitrogens with one attached hydrogen (secondary N) is 1. The van der Waals surface area contributed by atoms with Crippen molar-refractivity contribution in [1.29, 1.82) is 0 Å². The van der Waals surface area contributed by atoms with E-state index in [2.05, 4.69) is 26.9 Å². The Labute approximate surface area is 167 Å². The number of urea groups is 1. The number of benzene rings is 1. The molecule has 1 aromatic carbocycles. The van der Waals surface area contributed by atoms with Gasteiger partial charge in [0.25, 0.3) is 0 Å². The van der Waals surface area contributed by atoms with Crippen LogP contribution in [0.1, 0.15) is 35.1 Å². The molecule has 150 valence electrons. The predicted octanol–water partition coefficient (Wildman–Crippen LogP) is 3.01. The van der Waals surface area contributed by atoms with Crippen molar-refractivity contribution in [1.82, 2.24) is 19.7 Å². The van der Waals surface area contributed by atoms with E-state index in [1.165, 1.54) is 0 Å². The first-order valence-electron chi connectivity index (χ1n) is 10.0. The van der Waals surface area contributed by atoms with Crippen molar-refractivity contribution in [2.45, 2.75) is 27.2 Å². The highest BCUT2D eigenvalue weighted by molar-refractivity contribution is 5.99. The summed E-state index contributed by atoms with van der Waals surface area (Å²) in [5.74, 6) is 0.138.